The highest BCUT2D eigenvalue weighted by atomic mass is 15.4. The van der Waals surface area contributed by atoms with E-state index >= 15 is 0 Å². The maximum atomic E-state index is 4.30. The molecule has 1 saturated carbocycles. The van der Waals surface area contributed by atoms with Crippen LogP contribution in [0.3, 0.4) is 0 Å². The Balaban J connectivity index is 1.83. The Bertz CT molecular complexity index is 530. The summed E-state index contributed by atoms with van der Waals surface area (Å²) < 4.78 is 1.88. The third-order valence-electron chi connectivity index (χ3n) is 3.19. The van der Waals surface area contributed by atoms with Crippen LogP contribution in [-0.4, -0.2) is 31.0 Å². The van der Waals surface area contributed by atoms with Crippen LogP contribution in [-0.2, 0) is 6.54 Å². The van der Waals surface area contributed by atoms with Crippen LogP contribution in [0.4, 0.5) is 5.82 Å². The van der Waals surface area contributed by atoms with E-state index in [1.165, 1.54) is 25.7 Å². The highest BCUT2D eigenvalue weighted by Gasteiger charge is 2.23. The molecule has 0 unspecified atom stereocenters. The predicted octanol–water partition coefficient (Wildman–Crippen LogP) is 1.99. The zero-order valence-corrected chi connectivity index (χ0v) is 10.6. The number of fused-ring (bicyclic) bond motifs is 1. The molecule has 96 valence electrons. The molecule has 3 rings (SSSR count). The van der Waals surface area contributed by atoms with E-state index in [0.29, 0.717) is 6.04 Å². The number of unbranched alkanes of at least 4 members (excludes halogenated alkanes) is 2. The Kier molecular flexibility index (Phi) is 3.08. The summed E-state index contributed by atoms with van der Waals surface area (Å²) in [4.78, 5) is 8.55. The number of aromatic nitrogens is 5. The molecule has 1 fully saturated rings. The number of hydrogen-bond acceptors (Lipinski definition) is 5. The van der Waals surface area contributed by atoms with Crippen molar-refractivity contribution in [1.29, 1.82) is 0 Å². The van der Waals surface area contributed by atoms with Gasteiger partial charge in [-0.05, 0) is 19.3 Å². The first kappa shape index (κ1) is 11.4. The van der Waals surface area contributed by atoms with E-state index in [4.69, 9.17) is 0 Å². The maximum absolute atomic E-state index is 4.30. The van der Waals surface area contributed by atoms with Crippen LogP contribution in [0.15, 0.2) is 6.33 Å². The first-order valence-electron chi connectivity index (χ1n) is 6.69. The Morgan fingerprint density at radius 2 is 2.22 bits per heavy atom. The van der Waals surface area contributed by atoms with Crippen LogP contribution in [0.25, 0.3) is 11.2 Å². The van der Waals surface area contributed by atoms with E-state index in [9.17, 15) is 0 Å². The number of rotatable bonds is 6. The average molecular weight is 246 g/mol. The molecular formula is C12H18N6. The lowest BCUT2D eigenvalue weighted by atomic mass is 10.2. The summed E-state index contributed by atoms with van der Waals surface area (Å²) in [6.45, 7) is 3.07. The van der Waals surface area contributed by atoms with Crippen molar-refractivity contribution in [2.75, 3.05) is 5.32 Å². The summed E-state index contributed by atoms with van der Waals surface area (Å²) in [5.41, 5.74) is 1.63. The molecule has 1 aliphatic rings. The van der Waals surface area contributed by atoms with Gasteiger partial charge in [0, 0.05) is 12.6 Å². The van der Waals surface area contributed by atoms with Gasteiger partial charge in [-0.1, -0.05) is 25.0 Å². The minimum absolute atomic E-state index is 0.563. The summed E-state index contributed by atoms with van der Waals surface area (Å²) in [5, 5.41) is 11.8. The quantitative estimate of drug-likeness (QED) is 0.789. The molecular weight excluding hydrogens is 228 g/mol. The predicted molar refractivity (Wildman–Crippen MR) is 69.3 cm³/mol. The molecule has 0 aliphatic heterocycles. The smallest absolute Gasteiger partial charge is 0.183 e. The molecule has 0 radical (unpaired) electrons. The lowest BCUT2D eigenvalue weighted by Gasteiger charge is -2.03. The first-order valence-corrected chi connectivity index (χ1v) is 6.69. The lowest BCUT2D eigenvalue weighted by molar-refractivity contribution is 0.547. The molecule has 6 nitrogen and oxygen atoms in total. The van der Waals surface area contributed by atoms with E-state index in [1.807, 2.05) is 4.68 Å². The first-order chi connectivity index (χ1) is 8.88. The Hall–Kier alpha value is -1.72. The number of hydrogen-bond donors (Lipinski definition) is 1. The second-order valence-electron chi connectivity index (χ2n) is 4.83. The van der Waals surface area contributed by atoms with Crippen molar-refractivity contribution < 1.29 is 0 Å². The molecule has 2 aromatic heterocycles. The standard InChI is InChI=1S/C12H18N6/c1-2-3-4-7-18-12-10(16-17-18)11(13-8-14-12)15-9-5-6-9/h8-9H,2-7H2,1H3,(H,13,14,15). The molecule has 2 aromatic rings. The third-order valence-corrected chi connectivity index (χ3v) is 3.19. The van der Waals surface area contributed by atoms with Crippen molar-refractivity contribution in [2.45, 2.75) is 51.6 Å². The van der Waals surface area contributed by atoms with Gasteiger partial charge in [0.1, 0.15) is 6.33 Å². The molecule has 2 heterocycles. The van der Waals surface area contributed by atoms with Crippen LogP contribution in [0.5, 0.6) is 0 Å². The van der Waals surface area contributed by atoms with Gasteiger partial charge in [-0.3, -0.25) is 0 Å². The Morgan fingerprint density at radius 3 is 3.00 bits per heavy atom. The Labute approximate surface area is 106 Å². The van der Waals surface area contributed by atoms with Gasteiger partial charge in [0.25, 0.3) is 0 Å². The summed E-state index contributed by atoms with van der Waals surface area (Å²) in [6, 6.07) is 0.563. The summed E-state index contributed by atoms with van der Waals surface area (Å²) >= 11 is 0. The fourth-order valence-electron chi connectivity index (χ4n) is 1.98. The largest absolute Gasteiger partial charge is 0.365 e. The van der Waals surface area contributed by atoms with Crippen molar-refractivity contribution in [3.05, 3.63) is 6.33 Å². The minimum atomic E-state index is 0.563. The SMILES string of the molecule is CCCCCn1nnc2c(NC3CC3)ncnc21. The number of nitrogens with one attached hydrogen (secondary N) is 1. The summed E-state index contributed by atoms with van der Waals surface area (Å²) in [6.07, 6.45) is 7.55. The number of aryl methyl sites for hydroxylation is 1. The van der Waals surface area contributed by atoms with E-state index in [2.05, 4.69) is 32.5 Å². The average Bonchev–Trinajstić information content (AvgIpc) is 3.10. The van der Waals surface area contributed by atoms with Gasteiger partial charge >= 0.3 is 0 Å². The van der Waals surface area contributed by atoms with Crippen LogP contribution in [0.2, 0.25) is 0 Å². The highest BCUT2D eigenvalue weighted by molar-refractivity contribution is 5.82. The second kappa shape index (κ2) is 4.88. The fraction of sp³-hybridized carbons (Fsp3) is 0.667. The van der Waals surface area contributed by atoms with E-state index < -0.39 is 0 Å². The molecule has 0 bridgehead atoms. The maximum Gasteiger partial charge on any atom is 0.183 e. The molecule has 0 atom stereocenters. The van der Waals surface area contributed by atoms with Crippen molar-refractivity contribution >= 4 is 17.0 Å². The van der Waals surface area contributed by atoms with Crippen molar-refractivity contribution in [3.8, 4) is 0 Å². The second-order valence-corrected chi connectivity index (χ2v) is 4.83. The van der Waals surface area contributed by atoms with E-state index in [-0.39, 0.29) is 0 Å². The van der Waals surface area contributed by atoms with Crippen molar-refractivity contribution in [3.63, 3.8) is 0 Å². The monoisotopic (exact) mass is 246 g/mol. The van der Waals surface area contributed by atoms with Gasteiger partial charge in [-0.2, -0.15) is 0 Å². The summed E-state index contributed by atoms with van der Waals surface area (Å²) in [5.74, 6) is 0.823. The lowest BCUT2D eigenvalue weighted by Crippen LogP contribution is -2.05. The zero-order chi connectivity index (χ0) is 12.4. The van der Waals surface area contributed by atoms with Crippen molar-refractivity contribution in [1.82, 2.24) is 25.0 Å². The van der Waals surface area contributed by atoms with Crippen LogP contribution >= 0.6 is 0 Å². The normalized spacial score (nSPS) is 15.2. The van der Waals surface area contributed by atoms with E-state index in [1.54, 1.807) is 6.33 Å². The van der Waals surface area contributed by atoms with Gasteiger partial charge in [0.15, 0.2) is 17.0 Å². The highest BCUT2D eigenvalue weighted by Crippen LogP contribution is 2.26. The zero-order valence-electron chi connectivity index (χ0n) is 10.6. The van der Waals surface area contributed by atoms with Gasteiger partial charge in [-0.25, -0.2) is 14.6 Å². The van der Waals surface area contributed by atoms with Crippen molar-refractivity contribution in [2.24, 2.45) is 0 Å². The van der Waals surface area contributed by atoms with Gasteiger partial charge < -0.3 is 5.32 Å². The van der Waals surface area contributed by atoms with Gasteiger partial charge in [0.2, 0.25) is 0 Å². The minimum Gasteiger partial charge on any atom is -0.365 e. The summed E-state index contributed by atoms with van der Waals surface area (Å²) in [7, 11) is 0. The molecule has 0 spiro atoms. The van der Waals surface area contributed by atoms with E-state index in [0.717, 1.165) is 29.9 Å². The molecule has 0 aromatic carbocycles. The molecule has 6 heteroatoms. The molecule has 1 aliphatic carbocycles. The molecule has 0 saturated heterocycles. The topological polar surface area (TPSA) is 68.5 Å². The third kappa shape index (κ3) is 2.27. The fourth-order valence-corrected chi connectivity index (χ4v) is 1.98. The molecule has 1 N–H and O–H groups in total. The molecule has 18 heavy (non-hydrogen) atoms. The Morgan fingerprint density at radius 1 is 1.33 bits per heavy atom. The molecule has 0 amide bonds. The van der Waals surface area contributed by atoms with Crippen LogP contribution in [0.1, 0.15) is 39.0 Å². The van der Waals surface area contributed by atoms with Crippen LogP contribution < -0.4 is 5.32 Å². The van der Waals surface area contributed by atoms with Gasteiger partial charge in [-0.15, -0.1) is 5.10 Å². The number of anilines is 1. The van der Waals surface area contributed by atoms with Crippen LogP contribution in [0, 0.1) is 0 Å². The van der Waals surface area contributed by atoms with Gasteiger partial charge in [0.05, 0.1) is 0 Å². The number of nitrogens with zero attached hydrogens (tertiary/aromatic N) is 5.